The van der Waals surface area contributed by atoms with Gasteiger partial charge in [-0.1, -0.05) is 44.8 Å². The molecule has 0 aliphatic carbocycles. The van der Waals surface area contributed by atoms with Gasteiger partial charge in [0.05, 0.1) is 33.1 Å². The molecule has 0 radical (unpaired) electrons. The van der Waals surface area contributed by atoms with Gasteiger partial charge in [-0.15, -0.1) is 0 Å². The van der Waals surface area contributed by atoms with Crippen molar-refractivity contribution >= 4 is 68.1 Å². The number of esters is 2. The molecule has 0 heterocycles. The van der Waals surface area contributed by atoms with Gasteiger partial charge in [-0.25, -0.2) is 9.59 Å². The maximum absolute atomic E-state index is 12.1. The summed E-state index contributed by atoms with van der Waals surface area (Å²) in [7, 11) is 1.96. The fraction of sp³-hybridized carbons (Fsp3) is 0.222. The van der Waals surface area contributed by atoms with Crippen molar-refractivity contribution in [3.8, 4) is 0 Å². The second-order valence-corrected chi connectivity index (χ2v) is 8.75. The number of nitro benzene ring substituents is 2. The van der Waals surface area contributed by atoms with Gasteiger partial charge in [0.2, 0.25) is 0 Å². The normalized spacial score (nSPS) is 10.5. The zero-order valence-corrected chi connectivity index (χ0v) is 19.6. The first-order valence-electron chi connectivity index (χ1n) is 8.75. The van der Waals surface area contributed by atoms with Crippen LogP contribution in [0.15, 0.2) is 34.1 Å². The Morgan fingerprint density at radius 1 is 0.812 bits per heavy atom. The second-order valence-electron chi connectivity index (χ2n) is 5.72. The maximum atomic E-state index is 12.1. The van der Waals surface area contributed by atoms with Gasteiger partial charge < -0.3 is 9.47 Å². The van der Waals surface area contributed by atoms with E-state index in [4.69, 9.17) is 32.7 Å². The Bertz CT molecular complexity index is 1010. The van der Waals surface area contributed by atoms with Crippen LogP contribution in [0.25, 0.3) is 0 Å². The zero-order chi connectivity index (χ0) is 24.0. The van der Waals surface area contributed by atoms with Crippen molar-refractivity contribution < 1.29 is 28.9 Å². The summed E-state index contributed by atoms with van der Waals surface area (Å²) in [6, 6.07) is 4.47. The Kier molecular flexibility index (Phi) is 9.13. The third-order valence-corrected chi connectivity index (χ3v) is 7.00. The Morgan fingerprint density at radius 3 is 1.44 bits per heavy atom. The molecule has 0 spiro atoms. The summed E-state index contributed by atoms with van der Waals surface area (Å²) < 4.78 is 9.71. The van der Waals surface area contributed by atoms with Gasteiger partial charge >= 0.3 is 11.9 Å². The Hall–Kier alpha value is -2.54. The van der Waals surface area contributed by atoms with Crippen molar-refractivity contribution in [2.75, 3.05) is 13.2 Å². The number of hydrogen-bond donors (Lipinski definition) is 0. The summed E-state index contributed by atoms with van der Waals surface area (Å²) >= 11 is 12.3. The molecule has 170 valence electrons. The maximum Gasteiger partial charge on any atom is 0.345 e. The number of nitro groups is 2. The third-order valence-electron chi connectivity index (χ3n) is 3.71. The molecular formula is C18H14Cl2N2O8S2. The Balaban J connectivity index is 2.43. The van der Waals surface area contributed by atoms with Crippen LogP contribution in [0.3, 0.4) is 0 Å². The van der Waals surface area contributed by atoms with Crippen molar-refractivity contribution in [3.05, 3.63) is 65.7 Å². The van der Waals surface area contributed by atoms with Crippen LogP contribution in [-0.2, 0) is 9.47 Å². The van der Waals surface area contributed by atoms with Gasteiger partial charge in [0, 0.05) is 21.9 Å². The molecule has 2 aromatic carbocycles. The summed E-state index contributed by atoms with van der Waals surface area (Å²) in [5.41, 5.74) is -1.60. The largest absolute Gasteiger partial charge is 0.462 e. The number of carbonyl (C=O) groups is 2. The van der Waals surface area contributed by atoms with Gasteiger partial charge in [0.25, 0.3) is 11.4 Å². The van der Waals surface area contributed by atoms with Crippen LogP contribution in [0, 0.1) is 20.2 Å². The van der Waals surface area contributed by atoms with Crippen molar-refractivity contribution in [3.63, 3.8) is 0 Å². The molecule has 2 aromatic rings. The average Bonchev–Trinajstić information content (AvgIpc) is 2.73. The standard InChI is InChI=1S/C18H14Cl2N2O8S2/c1-3-29-17(23)9-5-15(11(19)7-13(9)21(25)26)31-32-16-6-10(18(24)30-4-2)14(22(27)28)8-12(16)20/h5-8H,3-4H2,1-2H3. The van der Waals surface area contributed by atoms with E-state index in [1.165, 1.54) is 12.1 Å². The van der Waals surface area contributed by atoms with Crippen LogP contribution in [0.1, 0.15) is 34.6 Å². The molecule has 32 heavy (non-hydrogen) atoms. The average molecular weight is 521 g/mol. The van der Waals surface area contributed by atoms with E-state index in [2.05, 4.69) is 0 Å². The molecule has 0 aliphatic rings. The SMILES string of the molecule is CCOC(=O)c1cc(SSc2cc(C(=O)OCC)c([N+](=O)[O-])cc2Cl)c(Cl)cc1[N+](=O)[O-]. The predicted molar refractivity (Wildman–Crippen MR) is 120 cm³/mol. The first-order chi connectivity index (χ1) is 15.1. The first kappa shape index (κ1) is 25.7. The highest BCUT2D eigenvalue weighted by molar-refractivity contribution is 8.76. The second kappa shape index (κ2) is 11.4. The minimum Gasteiger partial charge on any atom is -0.462 e. The molecule has 2 rings (SSSR count). The molecule has 14 heteroatoms. The fourth-order valence-corrected chi connectivity index (χ4v) is 5.33. The molecule has 0 fully saturated rings. The van der Waals surface area contributed by atoms with Crippen molar-refractivity contribution in [2.24, 2.45) is 0 Å². The van der Waals surface area contributed by atoms with E-state index >= 15 is 0 Å². The number of nitrogens with zero attached hydrogens (tertiary/aromatic N) is 2. The highest BCUT2D eigenvalue weighted by atomic mass is 35.5. The Morgan fingerprint density at radius 2 is 1.16 bits per heavy atom. The summed E-state index contributed by atoms with van der Waals surface area (Å²) in [4.78, 5) is 45.8. The van der Waals surface area contributed by atoms with Gasteiger partial charge in [-0.2, -0.15) is 0 Å². The molecule has 0 saturated carbocycles. The molecule has 0 bridgehead atoms. The summed E-state index contributed by atoms with van der Waals surface area (Å²) in [6.07, 6.45) is 0. The van der Waals surface area contributed by atoms with Crippen LogP contribution >= 0.6 is 44.8 Å². The number of hydrogen-bond acceptors (Lipinski definition) is 10. The molecule has 0 aliphatic heterocycles. The van der Waals surface area contributed by atoms with Crippen LogP contribution in [0.4, 0.5) is 11.4 Å². The predicted octanol–water partition coefficient (Wildman–Crippen LogP) is 5.96. The molecule has 0 N–H and O–H groups in total. The summed E-state index contributed by atoms with van der Waals surface area (Å²) in [5.74, 6) is -1.78. The lowest BCUT2D eigenvalue weighted by molar-refractivity contribution is -0.385. The van der Waals surface area contributed by atoms with Gasteiger partial charge in [0.15, 0.2) is 0 Å². The van der Waals surface area contributed by atoms with Crippen molar-refractivity contribution in [1.29, 1.82) is 0 Å². The lowest BCUT2D eigenvalue weighted by Crippen LogP contribution is -2.08. The van der Waals surface area contributed by atoms with E-state index in [1.807, 2.05) is 0 Å². The number of rotatable bonds is 9. The molecule has 0 amide bonds. The summed E-state index contributed by atoms with van der Waals surface area (Å²) in [5, 5.41) is 22.5. The van der Waals surface area contributed by atoms with E-state index in [1.54, 1.807) is 13.8 Å². The van der Waals surface area contributed by atoms with E-state index < -0.39 is 33.2 Å². The quantitative estimate of drug-likeness (QED) is 0.168. The van der Waals surface area contributed by atoms with Crippen molar-refractivity contribution in [1.82, 2.24) is 0 Å². The highest BCUT2D eigenvalue weighted by Gasteiger charge is 2.26. The minimum atomic E-state index is -0.888. The van der Waals surface area contributed by atoms with E-state index in [-0.39, 0.29) is 44.2 Å². The lowest BCUT2D eigenvalue weighted by Gasteiger charge is -2.10. The molecular weight excluding hydrogens is 507 g/mol. The van der Waals surface area contributed by atoms with Gasteiger partial charge in [0.1, 0.15) is 11.1 Å². The molecule has 10 nitrogen and oxygen atoms in total. The highest BCUT2D eigenvalue weighted by Crippen LogP contribution is 2.46. The summed E-state index contributed by atoms with van der Waals surface area (Å²) in [6.45, 7) is 3.15. The lowest BCUT2D eigenvalue weighted by atomic mass is 10.2. The molecule has 0 atom stereocenters. The number of ether oxygens (including phenoxy) is 2. The van der Waals surface area contributed by atoms with E-state index in [0.29, 0.717) is 0 Å². The number of benzene rings is 2. The smallest absolute Gasteiger partial charge is 0.345 e. The molecule has 0 aromatic heterocycles. The van der Waals surface area contributed by atoms with E-state index in [9.17, 15) is 29.8 Å². The topological polar surface area (TPSA) is 139 Å². The van der Waals surface area contributed by atoms with Crippen LogP contribution in [0.5, 0.6) is 0 Å². The number of carbonyl (C=O) groups excluding carboxylic acids is 2. The van der Waals surface area contributed by atoms with Crippen LogP contribution < -0.4 is 0 Å². The number of halogens is 2. The Labute approximate surface area is 199 Å². The molecule has 0 unspecified atom stereocenters. The fourth-order valence-electron chi connectivity index (χ4n) is 2.35. The van der Waals surface area contributed by atoms with E-state index in [0.717, 1.165) is 33.7 Å². The van der Waals surface area contributed by atoms with Gasteiger partial charge in [-0.3, -0.25) is 20.2 Å². The monoisotopic (exact) mass is 520 g/mol. The first-order valence-corrected chi connectivity index (χ1v) is 11.7. The van der Waals surface area contributed by atoms with Crippen LogP contribution in [-0.4, -0.2) is 35.0 Å². The zero-order valence-electron chi connectivity index (χ0n) is 16.5. The van der Waals surface area contributed by atoms with Crippen molar-refractivity contribution in [2.45, 2.75) is 23.6 Å². The molecule has 0 saturated heterocycles. The van der Waals surface area contributed by atoms with Crippen LogP contribution in [0.2, 0.25) is 10.0 Å². The third kappa shape index (κ3) is 6.03. The van der Waals surface area contributed by atoms with Gasteiger partial charge in [-0.05, 0) is 26.0 Å². The minimum absolute atomic E-state index is 0.00843.